The molecule has 0 bridgehead atoms. The molecule has 0 radical (unpaired) electrons. The van der Waals surface area contributed by atoms with Crippen LogP contribution in [-0.2, 0) is 0 Å². The predicted octanol–water partition coefficient (Wildman–Crippen LogP) is 2.66. The van der Waals surface area contributed by atoms with E-state index >= 15 is 0 Å². The molecule has 2 aromatic carbocycles. The fraction of sp³-hybridized carbons (Fsp3) is 0. The lowest BCUT2D eigenvalue weighted by Crippen LogP contribution is -2.12. The lowest BCUT2D eigenvalue weighted by atomic mass is 10.2. The van der Waals surface area contributed by atoms with Crippen molar-refractivity contribution in [2.75, 3.05) is 5.32 Å². The molecule has 1 N–H and O–H groups in total. The largest absolute Gasteiger partial charge is 0.322 e. The van der Waals surface area contributed by atoms with Gasteiger partial charge in [0.1, 0.15) is 18.5 Å². The van der Waals surface area contributed by atoms with Crippen molar-refractivity contribution in [1.82, 2.24) is 14.8 Å². The standard InChI is InChI=1S/C15H11FN4O/c16-12-6-4-11(5-7-12)15(21)19-13-2-1-3-14(8-13)20-9-17-18-10-20/h1-10H,(H,19,21). The molecule has 0 spiro atoms. The van der Waals surface area contributed by atoms with E-state index in [1.54, 1.807) is 29.4 Å². The molecule has 1 heterocycles. The van der Waals surface area contributed by atoms with E-state index in [1.165, 1.54) is 24.3 Å². The SMILES string of the molecule is O=C(Nc1cccc(-n2cnnc2)c1)c1ccc(F)cc1. The average molecular weight is 282 g/mol. The Hall–Kier alpha value is -3.02. The van der Waals surface area contributed by atoms with Gasteiger partial charge < -0.3 is 5.32 Å². The molecule has 3 aromatic rings. The van der Waals surface area contributed by atoms with Gasteiger partial charge in [-0.1, -0.05) is 6.07 Å². The zero-order valence-corrected chi connectivity index (χ0v) is 10.9. The summed E-state index contributed by atoms with van der Waals surface area (Å²) in [4.78, 5) is 12.1. The van der Waals surface area contributed by atoms with Crippen molar-refractivity contribution in [2.24, 2.45) is 0 Å². The normalized spacial score (nSPS) is 10.3. The van der Waals surface area contributed by atoms with Crippen LogP contribution >= 0.6 is 0 Å². The highest BCUT2D eigenvalue weighted by molar-refractivity contribution is 6.04. The summed E-state index contributed by atoms with van der Waals surface area (Å²) in [5.74, 6) is -0.669. The Bertz CT molecular complexity index is 754. The molecule has 21 heavy (non-hydrogen) atoms. The van der Waals surface area contributed by atoms with E-state index in [4.69, 9.17) is 0 Å². The number of amides is 1. The van der Waals surface area contributed by atoms with Gasteiger partial charge in [0.25, 0.3) is 5.91 Å². The van der Waals surface area contributed by atoms with Gasteiger partial charge in [-0.25, -0.2) is 4.39 Å². The van der Waals surface area contributed by atoms with E-state index in [0.717, 1.165) is 5.69 Å². The van der Waals surface area contributed by atoms with Crippen LogP contribution in [0.1, 0.15) is 10.4 Å². The summed E-state index contributed by atoms with van der Waals surface area (Å²) in [5.41, 5.74) is 1.86. The lowest BCUT2D eigenvalue weighted by Gasteiger charge is -2.07. The van der Waals surface area contributed by atoms with E-state index in [9.17, 15) is 9.18 Å². The van der Waals surface area contributed by atoms with Crippen molar-refractivity contribution in [1.29, 1.82) is 0 Å². The molecule has 0 aliphatic rings. The first-order valence-electron chi connectivity index (χ1n) is 6.24. The fourth-order valence-electron chi connectivity index (χ4n) is 1.88. The van der Waals surface area contributed by atoms with Crippen molar-refractivity contribution >= 4 is 11.6 Å². The molecule has 1 amide bonds. The Morgan fingerprint density at radius 1 is 1.05 bits per heavy atom. The Labute approximate surface area is 120 Å². The third kappa shape index (κ3) is 2.94. The number of carbonyl (C=O) groups is 1. The highest BCUT2D eigenvalue weighted by Gasteiger charge is 2.07. The molecule has 0 fully saturated rings. The molecule has 0 saturated heterocycles. The van der Waals surface area contributed by atoms with Crippen molar-refractivity contribution < 1.29 is 9.18 Å². The summed E-state index contributed by atoms with van der Waals surface area (Å²) in [7, 11) is 0. The van der Waals surface area contributed by atoms with Gasteiger partial charge in [0.15, 0.2) is 0 Å². The van der Waals surface area contributed by atoms with E-state index < -0.39 is 0 Å². The number of nitrogens with zero attached hydrogens (tertiary/aromatic N) is 3. The number of nitrogens with one attached hydrogen (secondary N) is 1. The molecular weight excluding hydrogens is 271 g/mol. The van der Waals surface area contributed by atoms with Gasteiger partial charge in [-0.3, -0.25) is 9.36 Å². The van der Waals surface area contributed by atoms with Gasteiger partial charge in [0.2, 0.25) is 0 Å². The Balaban J connectivity index is 1.80. The maximum absolute atomic E-state index is 12.8. The quantitative estimate of drug-likeness (QED) is 0.803. The summed E-state index contributed by atoms with van der Waals surface area (Å²) < 4.78 is 14.6. The van der Waals surface area contributed by atoms with Crippen LogP contribution in [0.2, 0.25) is 0 Å². The van der Waals surface area contributed by atoms with Crippen LogP contribution in [0.3, 0.4) is 0 Å². The Kier molecular flexibility index (Phi) is 3.42. The minimum atomic E-state index is -0.374. The molecule has 0 atom stereocenters. The first kappa shape index (κ1) is 13.0. The van der Waals surface area contributed by atoms with E-state index in [2.05, 4.69) is 15.5 Å². The summed E-state index contributed by atoms with van der Waals surface area (Å²) in [6, 6.07) is 12.6. The van der Waals surface area contributed by atoms with E-state index in [0.29, 0.717) is 11.3 Å². The number of halogens is 1. The number of rotatable bonds is 3. The fourth-order valence-corrected chi connectivity index (χ4v) is 1.88. The second-order valence-electron chi connectivity index (χ2n) is 4.38. The molecule has 104 valence electrons. The molecule has 6 heteroatoms. The first-order chi connectivity index (χ1) is 10.2. The van der Waals surface area contributed by atoms with Crippen molar-refractivity contribution in [3.05, 3.63) is 72.6 Å². The number of aromatic nitrogens is 3. The molecule has 0 aliphatic heterocycles. The van der Waals surface area contributed by atoms with E-state index in [1.807, 2.05) is 12.1 Å². The number of benzene rings is 2. The lowest BCUT2D eigenvalue weighted by molar-refractivity contribution is 0.102. The predicted molar refractivity (Wildman–Crippen MR) is 75.7 cm³/mol. The Morgan fingerprint density at radius 2 is 1.76 bits per heavy atom. The van der Waals surface area contributed by atoms with Gasteiger partial charge in [-0.15, -0.1) is 10.2 Å². The van der Waals surface area contributed by atoms with Crippen LogP contribution in [0.5, 0.6) is 0 Å². The Morgan fingerprint density at radius 3 is 2.48 bits per heavy atom. The summed E-state index contributed by atoms with van der Waals surface area (Å²) in [5, 5.41) is 10.2. The number of hydrogen-bond donors (Lipinski definition) is 1. The van der Waals surface area contributed by atoms with Crippen LogP contribution in [-0.4, -0.2) is 20.7 Å². The van der Waals surface area contributed by atoms with Crippen molar-refractivity contribution in [3.8, 4) is 5.69 Å². The second-order valence-corrected chi connectivity index (χ2v) is 4.38. The van der Waals surface area contributed by atoms with Crippen LogP contribution in [0.4, 0.5) is 10.1 Å². The van der Waals surface area contributed by atoms with Gasteiger partial charge >= 0.3 is 0 Å². The van der Waals surface area contributed by atoms with Crippen molar-refractivity contribution in [3.63, 3.8) is 0 Å². The zero-order chi connectivity index (χ0) is 14.7. The molecule has 3 rings (SSSR count). The molecular formula is C15H11FN4O. The monoisotopic (exact) mass is 282 g/mol. The maximum Gasteiger partial charge on any atom is 0.255 e. The second kappa shape index (κ2) is 5.54. The van der Waals surface area contributed by atoms with Crippen LogP contribution in [0.25, 0.3) is 5.69 Å². The summed E-state index contributed by atoms with van der Waals surface area (Å²) >= 11 is 0. The third-order valence-electron chi connectivity index (χ3n) is 2.93. The van der Waals surface area contributed by atoms with Gasteiger partial charge in [-0.05, 0) is 42.5 Å². The molecule has 0 unspecified atom stereocenters. The van der Waals surface area contributed by atoms with Crippen LogP contribution in [0, 0.1) is 5.82 Å². The van der Waals surface area contributed by atoms with Crippen molar-refractivity contribution in [2.45, 2.75) is 0 Å². The number of hydrogen-bond acceptors (Lipinski definition) is 3. The summed E-state index contributed by atoms with van der Waals surface area (Å²) in [6.07, 6.45) is 3.14. The van der Waals surface area contributed by atoms with Gasteiger partial charge in [0.05, 0.1) is 5.69 Å². The minimum absolute atomic E-state index is 0.295. The van der Waals surface area contributed by atoms with Crippen LogP contribution < -0.4 is 5.32 Å². The number of anilines is 1. The zero-order valence-electron chi connectivity index (χ0n) is 10.9. The molecule has 0 aliphatic carbocycles. The third-order valence-corrected chi connectivity index (χ3v) is 2.93. The minimum Gasteiger partial charge on any atom is -0.322 e. The molecule has 5 nitrogen and oxygen atoms in total. The first-order valence-corrected chi connectivity index (χ1v) is 6.24. The highest BCUT2D eigenvalue weighted by Crippen LogP contribution is 2.15. The maximum atomic E-state index is 12.8. The summed E-state index contributed by atoms with van der Waals surface area (Å²) in [6.45, 7) is 0. The van der Waals surface area contributed by atoms with Gasteiger partial charge in [0, 0.05) is 11.3 Å². The topological polar surface area (TPSA) is 59.8 Å². The number of carbonyl (C=O) groups excluding carboxylic acids is 1. The van der Waals surface area contributed by atoms with Gasteiger partial charge in [-0.2, -0.15) is 0 Å². The highest BCUT2D eigenvalue weighted by atomic mass is 19.1. The molecule has 0 saturated carbocycles. The van der Waals surface area contributed by atoms with E-state index in [-0.39, 0.29) is 11.7 Å². The van der Waals surface area contributed by atoms with Crippen LogP contribution in [0.15, 0.2) is 61.2 Å². The average Bonchev–Trinajstić information content (AvgIpc) is 3.02. The molecule has 1 aromatic heterocycles. The smallest absolute Gasteiger partial charge is 0.255 e.